The maximum absolute atomic E-state index is 10.2. The molecule has 2 rings (SSSR count). The Labute approximate surface area is 86.4 Å². The van der Waals surface area contributed by atoms with Gasteiger partial charge in [0.1, 0.15) is 6.29 Å². The van der Waals surface area contributed by atoms with Crippen LogP contribution in [0.4, 0.5) is 0 Å². The average Bonchev–Trinajstić information content (AvgIpc) is 2.69. The molecule has 3 nitrogen and oxygen atoms in total. The van der Waals surface area contributed by atoms with E-state index in [0.29, 0.717) is 6.42 Å². The number of thiazole rings is 1. The fraction of sp³-hybridized carbons (Fsp3) is 0.400. The highest BCUT2D eigenvalue weighted by atomic mass is 32.1. The van der Waals surface area contributed by atoms with Crippen LogP contribution in [0.1, 0.15) is 24.2 Å². The topological polar surface area (TPSA) is 34.4 Å². The van der Waals surface area contributed by atoms with Crippen molar-refractivity contribution in [1.82, 2.24) is 9.38 Å². The average molecular weight is 208 g/mol. The molecule has 0 aliphatic heterocycles. The van der Waals surface area contributed by atoms with Crippen LogP contribution in [0.3, 0.4) is 0 Å². The van der Waals surface area contributed by atoms with E-state index in [2.05, 4.69) is 9.38 Å². The quantitative estimate of drug-likeness (QED) is 0.570. The molecule has 14 heavy (non-hydrogen) atoms. The van der Waals surface area contributed by atoms with Gasteiger partial charge in [0.25, 0.3) is 0 Å². The monoisotopic (exact) mass is 208 g/mol. The van der Waals surface area contributed by atoms with Crippen LogP contribution in [0.15, 0.2) is 11.6 Å². The van der Waals surface area contributed by atoms with Gasteiger partial charge in [-0.15, -0.1) is 11.3 Å². The van der Waals surface area contributed by atoms with Crippen molar-refractivity contribution in [3.63, 3.8) is 0 Å². The third-order valence-electron chi connectivity index (χ3n) is 2.30. The van der Waals surface area contributed by atoms with Gasteiger partial charge in [0, 0.05) is 23.7 Å². The molecule has 0 saturated carbocycles. The predicted octanol–water partition coefficient (Wildman–Crippen LogP) is 2.23. The highest BCUT2D eigenvalue weighted by Gasteiger charge is 2.08. The molecule has 0 aliphatic rings. The number of imidazole rings is 1. The Morgan fingerprint density at radius 1 is 1.64 bits per heavy atom. The molecule has 4 heteroatoms. The molecule has 2 aromatic heterocycles. The van der Waals surface area contributed by atoms with Crippen LogP contribution in [0, 0.1) is 6.92 Å². The minimum Gasteiger partial charge on any atom is -0.303 e. The Morgan fingerprint density at radius 3 is 3.29 bits per heavy atom. The molecule has 0 radical (unpaired) electrons. The molecule has 0 saturated heterocycles. The summed E-state index contributed by atoms with van der Waals surface area (Å²) >= 11 is 1.64. The number of rotatable bonds is 4. The van der Waals surface area contributed by atoms with E-state index in [0.717, 1.165) is 29.8 Å². The van der Waals surface area contributed by atoms with E-state index >= 15 is 0 Å². The molecule has 2 heterocycles. The number of fused-ring (bicyclic) bond motifs is 1. The van der Waals surface area contributed by atoms with Gasteiger partial charge in [0.2, 0.25) is 0 Å². The van der Waals surface area contributed by atoms with Crippen LogP contribution in [-0.2, 0) is 11.2 Å². The zero-order chi connectivity index (χ0) is 9.97. The summed E-state index contributed by atoms with van der Waals surface area (Å²) in [5.74, 6) is 0. The van der Waals surface area contributed by atoms with E-state index < -0.39 is 0 Å². The lowest BCUT2D eigenvalue weighted by Gasteiger charge is -1.98. The zero-order valence-corrected chi connectivity index (χ0v) is 8.88. The summed E-state index contributed by atoms with van der Waals surface area (Å²) in [5, 5.41) is 2.03. The van der Waals surface area contributed by atoms with Crippen molar-refractivity contribution in [2.24, 2.45) is 0 Å². The first kappa shape index (κ1) is 9.40. The summed E-state index contributed by atoms with van der Waals surface area (Å²) in [6.45, 7) is 2.02. The molecule has 0 amide bonds. The van der Waals surface area contributed by atoms with Gasteiger partial charge in [0.05, 0.1) is 5.69 Å². The second-order valence-electron chi connectivity index (χ2n) is 3.26. The van der Waals surface area contributed by atoms with E-state index in [-0.39, 0.29) is 0 Å². The number of hydrogen-bond donors (Lipinski definition) is 0. The van der Waals surface area contributed by atoms with Gasteiger partial charge in [-0.1, -0.05) is 0 Å². The van der Waals surface area contributed by atoms with Gasteiger partial charge in [-0.2, -0.15) is 0 Å². The highest BCUT2D eigenvalue weighted by molar-refractivity contribution is 7.15. The van der Waals surface area contributed by atoms with E-state index in [1.54, 1.807) is 11.3 Å². The van der Waals surface area contributed by atoms with Gasteiger partial charge >= 0.3 is 0 Å². The number of carbonyl (C=O) groups excluding carboxylic acids is 1. The molecular weight excluding hydrogens is 196 g/mol. The second kappa shape index (κ2) is 3.92. The lowest BCUT2D eigenvalue weighted by molar-refractivity contribution is -0.107. The standard InChI is InChI=1S/C10H12N2OS/c1-8-9(4-2-3-6-13)12-5-7-14-10(12)11-8/h5-7H,2-4H2,1H3. The molecule has 0 bridgehead atoms. The third-order valence-corrected chi connectivity index (χ3v) is 3.05. The highest BCUT2D eigenvalue weighted by Crippen LogP contribution is 2.18. The second-order valence-corrected chi connectivity index (χ2v) is 4.13. The molecule has 0 unspecified atom stereocenters. The fourth-order valence-electron chi connectivity index (χ4n) is 1.59. The number of aryl methyl sites for hydroxylation is 2. The summed E-state index contributed by atoms with van der Waals surface area (Å²) in [5.41, 5.74) is 2.32. The van der Waals surface area contributed by atoms with Crippen molar-refractivity contribution in [1.29, 1.82) is 0 Å². The van der Waals surface area contributed by atoms with Gasteiger partial charge in [0.15, 0.2) is 4.96 Å². The number of aromatic nitrogens is 2. The molecule has 0 atom stereocenters. The Balaban J connectivity index is 2.25. The minimum atomic E-state index is 0.636. The third kappa shape index (κ3) is 1.57. The minimum absolute atomic E-state index is 0.636. The molecule has 74 valence electrons. The van der Waals surface area contributed by atoms with Crippen LogP contribution >= 0.6 is 11.3 Å². The number of carbonyl (C=O) groups is 1. The Morgan fingerprint density at radius 2 is 2.50 bits per heavy atom. The first-order valence-corrected chi connectivity index (χ1v) is 5.55. The zero-order valence-electron chi connectivity index (χ0n) is 8.06. The molecule has 0 N–H and O–H groups in total. The largest absolute Gasteiger partial charge is 0.303 e. The predicted molar refractivity (Wildman–Crippen MR) is 56.8 cm³/mol. The maximum atomic E-state index is 10.2. The fourth-order valence-corrected chi connectivity index (χ4v) is 2.37. The van der Waals surface area contributed by atoms with Gasteiger partial charge in [-0.05, 0) is 19.8 Å². The maximum Gasteiger partial charge on any atom is 0.194 e. The molecule has 0 aromatic carbocycles. The lowest BCUT2D eigenvalue weighted by Crippen LogP contribution is -1.93. The van der Waals surface area contributed by atoms with Crippen LogP contribution in [0.25, 0.3) is 4.96 Å². The van der Waals surface area contributed by atoms with E-state index in [4.69, 9.17) is 0 Å². The van der Waals surface area contributed by atoms with Crippen molar-refractivity contribution < 1.29 is 4.79 Å². The van der Waals surface area contributed by atoms with Crippen molar-refractivity contribution in [2.75, 3.05) is 0 Å². The first-order valence-electron chi connectivity index (χ1n) is 4.67. The SMILES string of the molecule is Cc1nc2sccn2c1CCCC=O. The van der Waals surface area contributed by atoms with Crippen LogP contribution in [0.5, 0.6) is 0 Å². The first-order chi connectivity index (χ1) is 6.83. The van der Waals surface area contributed by atoms with Crippen LogP contribution < -0.4 is 0 Å². The Kier molecular flexibility index (Phi) is 2.63. The summed E-state index contributed by atoms with van der Waals surface area (Å²) in [4.78, 5) is 15.7. The molecule has 0 spiro atoms. The van der Waals surface area contributed by atoms with Crippen molar-refractivity contribution in [3.05, 3.63) is 23.0 Å². The summed E-state index contributed by atoms with van der Waals surface area (Å²) in [7, 11) is 0. The number of unbranched alkanes of at least 4 members (excludes halogenated alkanes) is 1. The van der Waals surface area contributed by atoms with Crippen molar-refractivity contribution >= 4 is 22.6 Å². The summed E-state index contributed by atoms with van der Waals surface area (Å²) < 4.78 is 2.12. The lowest BCUT2D eigenvalue weighted by atomic mass is 10.2. The van der Waals surface area contributed by atoms with Gasteiger partial charge in [-0.25, -0.2) is 4.98 Å². The Bertz CT molecular complexity index is 444. The normalized spacial score (nSPS) is 10.9. The molecule has 0 aliphatic carbocycles. The number of nitrogens with zero attached hydrogens (tertiary/aromatic N) is 2. The summed E-state index contributed by atoms with van der Waals surface area (Å²) in [6, 6.07) is 0. The summed E-state index contributed by atoms with van der Waals surface area (Å²) in [6.07, 6.45) is 5.49. The van der Waals surface area contributed by atoms with Gasteiger partial charge < -0.3 is 4.79 Å². The smallest absolute Gasteiger partial charge is 0.194 e. The molecule has 2 aromatic rings. The van der Waals surface area contributed by atoms with E-state index in [9.17, 15) is 4.79 Å². The van der Waals surface area contributed by atoms with E-state index in [1.165, 1.54) is 5.69 Å². The Hall–Kier alpha value is -1.16. The molecular formula is C10H12N2OS. The number of aldehydes is 1. The van der Waals surface area contributed by atoms with Crippen LogP contribution in [-0.4, -0.2) is 15.7 Å². The van der Waals surface area contributed by atoms with Gasteiger partial charge in [-0.3, -0.25) is 4.40 Å². The van der Waals surface area contributed by atoms with Crippen LogP contribution in [0.2, 0.25) is 0 Å². The van der Waals surface area contributed by atoms with Crippen molar-refractivity contribution in [3.8, 4) is 0 Å². The number of hydrogen-bond acceptors (Lipinski definition) is 3. The molecule has 0 fully saturated rings. The van der Waals surface area contributed by atoms with Crippen molar-refractivity contribution in [2.45, 2.75) is 26.2 Å². The van der Waals surface area contributed by atoms with E-state index in [1.807, 2.05) is 18.5 Å².